The molecule has 0 fully saturated rings. The van der Waals surface area contributed by atoms with Crippen molar-refractivity contribution in [3.05, 3.63) is 82.6 Å². The molecule has 0 radical (unpaired) electrons. The zero-order valence-electron chi connectivity index (χ0n) is 17.0. The van der Waals surface area contributed by atoms with E-state index in [1.807, 2.05) is 22.9 Å². The quantitative estimate of drug-likeness (QED) is 0.440. The molecule has 0 amide bonds. The minimum absolute atomic E-state index is 0.191. The maximum atomic E-state index is 2.37. The molecule has 0 unspecified atom stereocenters. The summed E-state index contributed by atoms with van der Waals surface area (Å²) in [6.45, 7) is 13.9. The van der Waals surface area contributed by atoms with Gasteiger partial charge in [-0.15, -0.1) is 0 Å². The van der Waals surface area contributed by atoms with Gasteiger partial charge in [-0.05, 0) is 57.2 Å². The molecule has 0 aliphatic heterocycles. The molecule has 0 aliphatic rings. The molecule has 2 aromatic carbocycles. The molecule has 0 atom stereocenters. The van der Waals surface area contributed by atoms with Crippen molar-refractivity contribution in [2.75, 3.05) is 0 Å². The molecule has 0 saturated carbocycles. The molecular weight excluding hydrogens is 332 g/mol. The smallest absolute Gasteiger partial charge is 0.00934 e. The van der Waals surface area contributed by atoms with Crippen LogP contribution in [0, 0.1) is 12.3 Å². The second-order valence-electron chi connectivity index (χ2n) is 8.81. The van der Waals surface area contributed by atoms with E-state index < -0.39 is 0 Å². The van der Waals surface area contributed by atoms with Crippen LogP contribution in [-0.4, -0.2) is 0 Å². The van der Waals surface area contributed by atoms with E-state index in [9.17, 15) is 0 Å². The van der Waals surface area contributed by atoms with Crippen LogP contribution in [0.15, 0.2) is 71.4 Å². The van der Waals surface area contributed by atoms with E-state index in [1.54, 1.807) is 11.3 Å². The van der Waals surface area contributed by atoms with Gasteiger partial charge in [-0.25, -0.2) is 0 Å². The van der Waals surface area contributed by atoms with Gasteiger partial charge in [0.25, 0.3) is 0 Å². The summed E-state index contributed by atoms with van der Waals surface area (Å²) in [5, 5.41) is 4.08. The highest BCUT2D eigenvalue weighted by atomic mass is 32.1. The molecule has 0 spiro atoms. The first-order valence-corrected chi connectivity index (χ1v) is 10.3. The van der Waals surface area contributed by atoms with Crippen LogP contribution in [0.3, 0.4) is 0 Å². The number of hydrogen-bond acceptors (Lipinski definition) is 1. The molecule has 1 aromatic heterocycles. The Kier molecular flexibility index (Phi) is 6.83. The van der Waals surface area contributed by atoms with Crippen LogP contribution in [0.1, 0.15) is 52.2 Å². The molecule has 3 rings (SSSR count). The van der Waals surface area contributed by atoms with Gasteiger partial charge in [-0.1, -0.05) is 95.3 Å². The lowest BCUT2D eigenvalue weighted by atomic mass is 9.72. The summed E-state index contributed by atoms with van der Waals surface area (Å²) in [6.07, 6.45) is 1.18. The van der Waals surface area contributed by atoms with Crippen molar-refractivity contribution in [2.24, 2.45) is 5.41 Å². The minimum atomic E-state index is 0.191. The predicted molar refractivity (Wildman–Crippen MR) is 118 cm³/mol. The maximum Gasteiger partial charge on any atom is -0.00934 e. The Balaban J connectivity index is 0.000000417. The van der Waals surface area contributed by atoms with E-state index in [0.29, 0.717) is 5.41 Å². The summed E-state index contributed by atoms with van der Waals surface area (Å²) in [7, 11) is 0. The van der Waals surface area contributed by atoms with Gasteiger partial charge in [0.15, 0.2) is 0 Å². The molecule has 0 bridgehead atoms. The van der Waals surface area contributed by atoms with Crippen molar-refractivity contribution in [3.8, 4) is 11.1 Å². The lowest BCUT2D eigenvalue weighted by molar-refractivity contribution is 0.284. The minimum Gasteiger partial charge on any atom is -0.152 e. The number of hydrogen-bond donors (Lipinski definition) is 0. The van der Waals surface area contributed by atoms with E-state index in [2.05, 4.69) is 90.1 Å². The molecule has 26 heavy (non-hydrogen) atoms. The second-order valence-corrected chi connectivity index (χ2v) is 9.63. The highest BCUT2D eigenvalue weighted by Gasteiger charge is 2.27. The van der Waals surface area contributed by atoms with Gasteiger partial charge in [-0.2, -0.15) is 11.3 Å². The van der Waals surface area contributed by atoms with E-state index in [0.717, 1.165) is 0 Å². The summed E-state index contributed by atoms with van der Waals surface area (Å²) in [5.41, 5.74) is 5.96. The average Bonchev–Trinajstić information content (AvgIpc) is 3.13. The normalized spacial score (nSPS) is 11.6. The number of thiophene rings is 1. The average molecular weight is 365 g/mol. The van der Waals surface area contributed by atoms with Crippen molar-refractivity contribution in [2.45, 2.75) is 53.4 Å². The van der Waals surface area contributed by atoms with Crippen LogP contribution in [0.2, 0.25) is 0 Å². The highest BCUT2D eigenvalue weighted by Crippen LogP contribution is 2.37. The monoisotopic (exact) mass is 364 g/mol. The third-order valence-electron chi connectivity index (χ3n) is 4.50. The molecule has 0 saturated heterocycles. The molecular formula is C25H32S. The summed E-state index contributed by atoms with van der Waals surface area (Å²) in [6, 6.07) is 21.7. The Hall–Kier alpha value is -1.86. The van der Waals surface area contributed by atoms with Gasteiger partial charge in [0.1, 0.15) is 0 Å². The lowest BCUT2D eigenvalue weighted by Gasteiger charge is -2.33. The standard InChI is InChI=1S/C21H28.C4H4S/c1-16-10-7-8-13-19(16)17-11-9-12-18(14-17)21(5,6)15-20(2,3)4;1-2-4-5-3-1/h7-14H,15H2,1-6H3;1-4H. The molecule has 1 heteroatoms. The van der Waals surface area contributed by atoms with Crippen LogP contribution in [-0.2, 0) is 5.41 Å². The number of rotatable bonds is 3. The van der Waals surface area contributed by atoms with Gasteiger partial charge < -0.3 is 0 Å². The van der Waals surface area contributed by atoms with Crippen molar-refractivity contribution in [1.82, 2.24) is 0 Å². The molecule has 0 aliphatic carbocycles. The lowest BCUT2D eigenvalue weighted by Crippen LogP contribution is -2.24. The SMILES string of the molecule is Cc1ccccc1-c1cccc(C(C)(C)CC(C)(C)C)c1.c1ccsc1. The third kappa shape index (κ3) is 6.14. The third-order valence-corrected chi connectivity index (χ3v) is 5.13. The van der Waals surface area contributed by atoms with Crippen LogP contribution in [0.25, 0.3) is 11.1 Å². The first-order chi connectivity index (χ1) is 12.2. The van der Waals surface area contributed by atoms with Gasteiger partial charge in [-0.3, -0.25) is 0 Å². The Labute approximate surface area is 163 Å². The van der Waals surface area contributed by atoms with Crippen molar-refractivity contribution in [1.29, 1.82) is 0 Å². The van der Waals surface area contributed by atoms with E-state index in [-0.39, 0.29) is 5.41 Å². The summed E-state index contributed by atoms with van der Waals surface area (Å²) < 4.78 is 0. The van der Waals surface area contributed by atoms with Crippen LogP contribution < -0.4 is 0 Å². The zero-order chi connectivity index (χ0) is 19.2. The Bertz CT molecular complexity index is 772. The van der Waals surface area contributed by atoms with Crippen molar-refractivity contribution < 1.29 is 0 Å². The Morgan fingerprint density at radius 2 is 1.42 bits per heavy atom. The van der Waals surface area contributed by atoms with Crippen LogP contribution in [0.5, 0.6) is 0 Å². The summed E-state index contributed by atoms with van der Waals surface area (Å²) in [5.74, 6) is 0. The van der Waals surface area contributed by atoms with Crippen LogP contribution >= 0.6 is 11.3 Å². The Morgan fingerprint density at radius 1 is 0.769 bits per heavy atom. The van der Waals surface area contributed by atoms with E-state index >= 15 is 0 Å². The van der Waals surface area contributed by atoms with Crippen molar-refractivity contribution in [3.63, 3.8) is 0 Å². The van der Waals surface area contributed by atoms with Crippen molar-refractivity contribution >= 4 is 11.3 Å². The molecule has 1 heterocycles. The zero-order valence-corrected chi connectivity index (χ0v) is 17.9. The first-order valence-electron chi connectivity index (χ1n) is 9.33. The van der Waals surface area contributed by atoms with E-state index in [4.69, 9.17) is 0 Å². The fourth-order valence-corrected chi connectivity index (χ4v) is 4.11. The molecule has 138 valence electrons. The van der Waals surface area contributed by atoms with Gasteiger partial charge in [0, 0.05) is 0 Å². The molecule has 3 aromatic rings. The van der Waals surface area contributed by atoms with Gasteiger partial charge in [0.2, 0.25) is 0 Å². The summed E-state index contributed by atoms with van der Waals surface area (Å²) in [4.78, 5) is 0. The number of aryl methyl sites for hydroxylation is 1. The molecule has 0 N–H and O–H groups in total. The summed E-state index contributed by atoms with van der Waals surface area (Å²) >= 11 is 1.71. The fourth-order valence-electron chi connectivity index (χ4n) is 3.66. The van der Waals surface area contributed by atoms with Gasteiger partial charge >= 0.3 is 0 Å². The maximum absolute atomic E-state index is 2.37. The molecule has 0 nitrogen and oxygen atoms in total. The van der Waals surface area contributed by atoms with E-state index in [1.165, 1.54) is 28.7 Å². The first kappa shape index (κ1) is 20.5. The second kappa shape index (κ2) is 8.68. The highest BCUT2D eigenvalue weighted by molar-refractivity contribution is 7.07. The topological polar surface area (TPSA) is 0 Å². The number of benzene rings is 2. The fraction of sp³-hybridized carbons (Fsp3) is 0.360. The predicted octanol–water partition coefficient (Wildman–Crippen LogP) is 8.12. The van der Waals surface area contributed by atoms with Crippen LogP contribution in [0.4, 0.5) is 0 Å². The largest absolute Gasteiger partial charge is 0.152 e. The van der Waals surface area contributed by atoms with Gasteiger partial charge in [0.05, 0.1) is 0 Å². The Morgan fingerprint density at radius 3 is 1.96 bits per heavy atom.